The Morgan fingerprint density at radius 2 is 1.70 bits per heavy atom. The summed E-state index contributed by atoms with van der Waals surface area (Å²) in [5.74, 6) is 0.947. The number of hydrogen-bond acceptors (Lipinski definition) is 4. The third kappa shape index (κ3) is 5.64. The molecule has 1 aliphatic heterocycles. The molecule has 0 unspecified atom stereocenters. The molecular weight excluding hydrogens is 346 g/mol. The molecular formula is C20H23N3O4. The molecule has 0 radical (unpaired) electrons. The number of ether oxygens (including phenoxy) is 2. The van der Waals surface area contributed by atoms with Crippen LogP contribution in [0.15, 0.2) is 42.5 Å². The van der Waals surface area contributed by atoms with Crippen LogP contribution in [0.1, 0.15) is 17.5 Å². The summed E-state index contributed by atoms with van der Waals surface area (Å²) in [6, 6.07) is 12.7. The van der Waals surface area contributed by atoms with Crippen molar-refractivity contribution in [3.63, 3.8) is 0 Å². The van der Waals surface area contributed by atoms with Crippen molar-refractivity contribution in [1.82, 2.24) is 10.6 Å². The topological polar surface area (TPSA) is 88.7 Å². The fourth-order valence-corrected chi connectivity index (χ4v) is 2.56. The molecule has 1 aliphatic rings. The molecule has 0 saturated carbocycles. The Morgan fingerprint density at radius 3 is 2.48 bits per heavy atom. The van der Waals surface area contributed by atoms with E-state index in [1.165, 1.54) is 0 Å². The maximum atomic E-state index is 12.0. The average Bonchev–Trinajstić information content (AvgIpc) is 2.91. The molecule has 2 aromatic rings. The van der Waals surface area contributed by atoms with Gasteiger partial charge in [-0.15, -0.1) is 0 Å². The highest BCUT2D eigenvalue weighted by molar-refractivity contribution is 5.94. The maximum absolute atomic E-state index is 12.0. The van der Waals surface area contributed by atoms with Crippen molar-refractivity contribution in [3.05, 3.63) is 53.6 Å². The first-order valence-corrected chi connectivity index (χ1v) is 8.87. The lowest BCUT2D eigenvalue weighted by Gasteiger charge is -2.11. The fourth-order valence-electron chi connectivity index (χ4n) is 2.56. The van der Waals surface area contributed by atoms with Crippen LogP contribution in [-0.4, -0.2) is 31.7 Å². The van der Waals surface area contributed by atoms with Gasteiger partial charge in [-0.25, -0.2) is 4.79 Å². The zero-order chi connectivity index (χ0) is 19.1. The molecule has 7 nitrogen and oxygen atoms in total. The third-order valence-corrected chi connectivity index (χ3v) is 4.01. The van der Waals surface area contributed by atoms with Gasteiger partial charge in [-0.3, -0.25) is 4.79 Å². The first-order chi connectivity index (χ1) is 13.1. The second-order valence-corrected chi connectivity index (χ2v) is 6.28. The van der Waals surface area contributed by atoms with Crippen LogP contribution >= 0.6 is 0 Å². The zero-order valence-corrected chi connectivity index (χ0v) is 15.2. The second kappa shape index (κ2) is 8.93. The van der Waals surface area contributed by atoms with E-state index < -0.39 is 6.03 Å². The number of aryl methyl sites for hydroxylation is 1. The monoisotopic (exact) mass is 369 g/mol. The number of fused-ring (bicyclic) bond motifs is 1. The lowest BCUT2D eigenvalue weighted by Crippen LogP contribution is -2.39. The highest BCUT2D eigenvalue weighted by Crippen LogP contribution is 2.32. The first-order valence-electron chi connectivity index (χ1n) is 8.87. The van der Waals surface area contributed by atoms with Crippen LogP contribution in [0.2, 0.25) is 0 Å². The van der Waals surface area contributed by atoms with Gasteiger partial charge in [0.1, 0.15) is 0 Å². The summed E-state index contributed by atoms with van der Waals surface area (Å²) in [5.41, 5.74) is 2.74. The van der Waals surface area contributed by atoms with E-state index in [1.54, 1.807) is 18.2 Å². The van der Waals surface area contributed by atoms with Crippen molar-refractivity contribution in [1.29, 1.82) is 0 Å². The van der Waals surface area contributed by atoms with Crippen molar-refractivity contribution < 1.29 is 19.1 Å². The number of benzene rings is 2. The van der Waals surface area contributed by atoms with E-state index in [4.69, 9.17) is 9.47 Å². The Hall–Kier alpha value is -3.22. The smallest absolute Gasteiger partial charge is 0.315 e. The normalized spacial score (nSPS) is 12.6. The van der Waals surface area contributed by atoms with Gasteiger partial charge in [-0.2, -0.15) is 0 Å². The fraction of sp³-hybridized carbons (Fsp3) is 0.300. The molecule has 0 saturated heterocycles. The van der Waals surface area contributed by atoms with Gasteiger partial charge in [0.25, 0.3) is 0 Å². The molecule has 27 heavy (non-hydrogen) atoms. The van der Waals surface area contributed by atoms with Crippen molar-refractivity contribution in [2.75, 3.05) is 25.1 Å². The Balaban J connectivity index is 1.43. The van der Waals surface area contributed by atoms with Gasteiger partial charge in [0, 0.05) is 24.7 Å². The average molecular weight is 369 g/mol. The van der Waals surface area contributed by atoms with E-state index in [1.807, 2.05) is 31.2 Å². The second-order valence-electron chi connectivity index (χ2n) is 6.28. The van der Waals surface area contributed by atoms with E-state index in [-0.39, 0.29) is 12.5 Å². The molecule has 0 atom stereocenters. The van der Waals surface area contributed by atoms with Crippen LogP contribution in [0.5, 0.6) is 11.5 Å². The van der Waals surface area contributed by atoms with E-state index >= 15 is 0 Å². The Kier molecular flexibility index (Phi) is 6.14. The molecule has 0 bridgehead atoms. The summed E-state index contributed by atoms with van der Waals surface area (Å²) in [6.07, 6.45) is 0.817. The van der Waals surface area contributed by atoms with Gasteiger partial charge in [-0.05, 0) is 24.6 Å². The minimum atomic E-state index is -0.399. The van der Waals surface area contributed by atoms with Gasteiger partial charge < -0.3 is 25.4 Å². The van der Waals surface area contributed by atoms with Gasteiger partial charge in [0.15, 0.2) is 11.5 Å². The molecule has 0 fully saturated rings. The van der Waals surface area contributed by atoms with Crippen molar-refractivity contribution in [3.8, 4) is 11.5 Å². The number of carbonyl (C=O) groups is 2. The zero-order valence-electron chi connectivity index (χ0n) is 15.2. The molecule has 3 rings (SSSR count). The van der Waals surface area contributed by atoms with Crippen LogP contribution in [0.3, 0.4) is 0 Å². The SMILES string of the molecule is Cc1ccc(CNC(=O)NCC(=O)Nc2ccc3c(c2)OCCCO3)cc1. The number of amides is 3. The maximum Gasteiger partial charge on any atom is 0.315 e. The Labute approximate surface area is 158 Å². The lowest BCUT2D eigenvalue weighted by atomic mass is 10.1. The number of nitrogens with one attached hydrogen (secondary N) is 3. The summed E-state index contributed by atoms with van der Waals surface area (Å²) in [4.78, 5) is 23.9. The molecule has 0 aliphatic carbocycles. The molecule has 0 spiro atoms. The highest BCUT2D eigenvalue weighted by atomic mass is 16.5. The van der Waals surface area contributed by atoms with Crippen molar-refractivity contribution >= 4 is 17.6 Å². The summed E-state index contributed by atoms with van der Waals surface area (Å²) < 4.78 is 11.1. The van der Waals surface area contributed by atoms with Gasteiger partial charge in [0.2, 0.25) is 5.91 Å². The number of anilines is 1. The minimum Gasteiger partial charge on any atom is -0.490 e. The third-order valence-electron chi connectivity index (χ3n) is 4.01. The van der Waals surface area contributed by atoms with Gasteiger partial charge in [0.05, 0.1) is 19.8 Å². The van der Waals surface area contributed by atoms with Crippen LogP contribution in [-0.2, 0) is 11.3 Å². The van der Waals surface area contributed by atoms with Gasteiger partial charge >= 0.3 is 6.03 Å². The van der Waals surface area contributed by atoms with Crippen LogP contribution < -0.4 is 25.4 Å². The largest absolute Gasteiger partial charge is 0.490 e. The molecule has 2 aromatic carbocycles. The molecule has 142 valence electrons. The number of hydrogen-bond donors (Lipinski definition) is 3. The van der Waals surface area contributed by atoms with Gasteiger partial charge in [-0.1, -0.05) is 29.8 Å². The summed E-state index contributed by atoms with van der Waals surface area (Å²) in [6.45, 7) is 3.46. The summed E-state index contributed by atoms with van der Waals surface area (Å²) in [7, 11) is 0. The van der Waals surface area contributed by atoms with Crippen LogP contribution in [0, 0.1) is 6.92 Å². The quantitative estimate of drug-likeness (QED) is 0.756. The Bertz CT molecular complexity index is 805. The highest BCUT2D eigenvalue weighted by Gasteiger charge is 2.12. The number of urea groups is 1. The summed E-state index contributed by atoms with van der Waals surface area (Å²) in [5, 5.41) is 7.99. The predicted molar refractivity (Wildman–Crippen MR) is 102 cm³/mol. The minimum absolute atomic E-state index is 0.131. The van der Waals surface area contributed by atoms with Crippen LogP contribution in [0.4, 0.5) is 10.5 Å². The first kappa shape index (κ1) is 18.6. The van der Waals surface area contributed by atoms with E-state index in [2.05, 4.69) is 16.0 Å². The Morgan fingerprint density at radius 1 is 0.963 bits per heavy atom. The molecule has 7 heteroatoms. The molecule has 0 aromatic heterocycles. The van der Waals surface area contributed by atoms with E-state index in [0.29, 0.717) is 36.9 Å². The van der Waals surface area contributed by atoms with Crippen molar-refractivity contribution in [2.45, 2.75) is 19.9 Å². The number of rotatable bonds is 5. The predicted octanol–water partition coefficient (Wildman–Crippen LogP) is 2.59. The molecule has 1 heterocycles. The van der Waals surface area contributed by atoms with Crippen LogP contribution in [0.25, 0.3) is 0 Å². The van der Waals surface area contributed by atoms with E-state index in [0.717, 1.165) is 17.5 Å². The molecule has 3 N–H and O–H groups in total. The number of carbonyl (C=O) groups excluding carboxylic acids is 2. The standard InChI is InChI=1S/C20H23N3O4/c1-14-3-5-15(6-4-14)12-21-20(25)22-13-19(24)23-16-7-8-17-18(11-16)27-10-2-9-26-17/h3-8,11H,2,9-10,12-13H2,1H3,(H,23,24)(H2,21,22,25). The lowest BCUT2D eigenvalue weighted by molar-refractivity contribution is -0.115. The van der Waals surface area contributed by atoms with Crippen molar-refractivity contribution in [2.24, 2.45) is 0 Å². The summed E-state index contributed by atoms with van der Waals surface area (Å²) >= 11 is 0. The van der Waals surface area contributed by atoms with E-state index in [9.17, 15) is 9.59 Å². The molecule has 3 amide bonds.